The van der Waals surface area contributed by atoms with Crippen molar-refractivity contribution >= 4 is 21.7 Å². The zero-order valence-corrected chi connectivity index (χ0v) is 17.3. The van der Waals surface area contributed by atoms with Gasteiger partial charge in [0.05, 0.1) is 17.7 Å². The van der Waals surface area contributed by atoms with Crippen molar-refractivity contribution in [1.82, 2.24) is 24.7 Å². The number of rotatable bonds is 4. The van der Waals surface area contributed by atoms with Crippen molar-refractivity contribution in [1.29, 1.82) is 0 Å². The van der Waals surface area contributed by atoms with E-state index in [-0.39, 0.29) is 5.56 Å². The number of hydrogen-bond acceptors (Lipinski definition) is 6. The van der Waals surface area contributed by atoms with Gasteiger partial charge in [0, 0.05) is 32.7 Å². The van der Waals surface area contributed by atoms with Gasteiger partial charge in [0.25, 0.3) is 5.56 Å². The third kappa shape index (κ3) is 3.40. The maximum absolute atomic E-state index is 12.7. The Balaban J connectivity index is 1.27. The third-order valence-corrected chi connectivity index (χ3v) is 6.01. The molecule has 0 atom stereocenters. The molecular formula is C23H25N5O2. The van der Waals surface area contributed by atoms with Gasteiger partial charge in [0.15, 0.2) is 5.52 Å². The fourth-order valence-electron chi connectivity index (χ4n) is 4.39. The molecule has 7 heteroatoms. The lowest BCUT2D eigenvalue weighted by Gasteiger charge is -2.34. The number of aromatic nitrogens is 3. The van der Waals surface area contributed by atoms with Gasteiger partial charge in [0.2, 0.25) is 0 Å². The van der Waals surface area contributed by atoms with E-state index in [0.717, 1.165) is 43.8 Å². The van der Waals surface area contributed by atoms with Gasteiger partial charge in [-0.05, 0) is 30.2 Å². The van der Waals surface area contributed by atoms with Crippen molar-refractivity contribution in [3.63, 3.8) is 0 Å². The monoisotopic (exact) mass is 403 g/mol. The van der Waals surface area contributed by atoms with Crippen molar-refractivity contribution in [2.24, 2.45) is 0 Å². The van der Waals surface area contributed by atoms with Gasteiger partial charge in [-0.15, -0.1) is 0 Å². The summed E-state index contributed by atoms with van der Waals surface area (Å²) in [5.74, 6) is 0.640. The van der Waals surface area contributed by atoms with Crippen molar-refractivity contribution in [3.05, 3.63) is 69.8 Å². The van der Waals surface area contributed by atoms with E-state index < -0.39 is 0 Å². The first-order chi connectivity index (χ1) is 14.6. The SMILES string of the molecule is Cc1nn(CN2CCN(Cc3cccc4ccccc34)CC2)c(=O)c2noc(C)c12. The Hall–Kier alpha value is -3.03. The molecule has 5 rings (SSSR count). The largest absolute Gasteiger partial charge is 0.360 e. The first kappa shape index (κ1) is 19.0. The van der Waals surface area contributed by atoms with E-state index in [1.807, 2.05) is 13.8 Å². The van der Waals surface area contributed by atoms with Gasteiger partial charge >= 0.3 is 0 Å². The molecule has 3 heterocycles. The predicted molar refractivity (Wildman–Crippen MR) is 116 cm³/mol. The van der Waals surface area contributed by atoms with Gasteiger partial charge in [-0.1, -0.05) is 47.6 Å². The zero-order valence-electron chi connectivity index (χ0n) is 17.3. The first-order valence-corrected chi connectivity index (χ1v) is 10.4. The van der Waals surface area contributed by atoms with Gasteiger partial charge in [0.1, 0.15) is 5.76 Å². The van der Waals surface area contributed by atoms with Crippen molar-refractivity contribution in [2.75, 3.05) is 26.2 Å². The number of hydrogen-bond donors (Lipinski definition) is 0. The number of aryl methyl sites for hydroxylation is 2. The molecule has 0 N–H and O–H groups in total. The van der Waals surface area contributed by atoms with Crippen LogP contribution in [-0.4, -0.2) is 50.9 Å². The minimum atomic E-state index is -0.189. The number of fused-ring (bicyclic) bond motifs is 2. The molecule has 2 aromatic heterocycles. The highest BCUT2D eigenvalue weighted by atomic mass is 16.5. The highest BCUT2D eigenvalue weighted by molar-refractivity contribution is 5.85. The molecule has 0 aliphatic carbocycles. The molecule has 4 aromatic rings. The van der Waals surface area contributed by atoms with Crippen molar-refractivity contribution in [2.45, 2.75) is 27.1 Å². The topological polar surface area (TPSA) is 67.4 Å². The Morgan fingerprint density at radius 3 is 2.53 bits per heavy atom. The molecule has 1 fully saturated rings. The molecule has 1 aliphatic heterocycles. The molecule has 154 valence electrons. The maximum atomic E-state index is 12.7. The van der Waals surface area contributed by atoms with Gasteiger partial charge in [-0.25, -0.2) is 4.68 Å². The van der Waals surface area contributed by atoms with Crippen LogP contribution in [0.2, 0.25) is 0 Å². The average molecular weight is 403 g/mol. The number of benzene rings is 2. The lowest BCUT2D eigenvalue weighted by atomic mass is 10.0. The fraction of sp³-hybridized carbons (Fsp3) is 0.348. The summed E-state index contributed by atoms with van der Waals surface area (Å²) in [6.07, 6.45) is 0. The molecule has 0 saturated carbocycles. The summed E-state index contributed by atoms with van der Waals surface area (Å²) in [5, 5.41) is 11.8. The quantitative estimate of drug-likeness (QED) is 0.522. The minimum Gasteiger partial charge on any atom is -0.360 e. The molecule has 1 saturated heterocycles. The Labute approximate surface area is 174 Å². The van der Waals surface area contributed by atoms with Crippen LogP contribution in [0.15, 0.2) is 51.8 Å². The second kappa shape index (κ2) is 7.66. The van der Waals surface area contributed by atoms with Gasteiger partial charge in [-0.3, -0.25) is 14.6 Å². The predicted octanol–water partition coefficient (Wildman–Crippen LogP) is 2.93. The average Bonchev–Trinajstić information content (AvgIpc) is 3.16. The molecule has 2 aromatic carbocycles. The summed E-state index contributed by atoms with van der Waals surface area (Å²) in [6.45, 7) is 8.83. The second-order valence-corrected chi connectivity index (χ2v) is 8.03. The van der Waals surface area contributed by atoms with E-state index in [2.05, 4.69) is 62.5 Å². The molecule has 0 bridgehead atoms. The summed E-state index contributed by atoms with van der Waals surface area (Å²) in [7, 11) is 0. The van der Waals surface area contributed by atoms with Gasteiger partial charge in [-0.2, -0.15) is 5.10 Å². The van der Waals surface area contributed by atoms with E-state index in [9.17, 15) is 4.79 Å². The summed E-state index contributed by atoms with van der Waals surface area (Å²) in [4.78, 5) is 17.5. The van der Waals surface area contributed by atoms with Crippen molar-refractivity contribution < 1.29 is 4.52 Å². The van der Waals surface area contributed by atoms with E-state index in [1.165, 1.54) is 21.0 Å². The molecule has 1 aliphatic rings. The van der Waals surface area contributed by atoms with Crippen molar-refractivity contribution in [3.8, 4) is 0 Å². The third-order valence-electron chi connectivity index (χ3n) is 6.01. The molecular weight excluding hydrogens is 378 g/mol. The Bertz CT molecular complexity index is 1260. The van der Waals surface area contributed by atoms with Crippen LogP contribution in [0.4, 0.5) is 0 Å². The molecule has 7 nitrogen and oxygen atoms in total. The highest BCUT2D eigenvalue weighted by Crippen LogP contribution is 2.21. The zero-order chi connectivity index (χ0) is 20.7. The molecule has 0 amide bonds. The molecule has 0 spiro atoms. The Morgan fingerprint density at radius 1 is 0.967 bits per heavy atom. The lowest BCUT2D eigenvalue weighted by Crippen LogP contribution is -2.47. The summed E-state index contributed by atoms with van der Waals surface area (Å²) in [6, 6.07) is 15.1. The van der Waals surface area contributed by atoms with E-state index in [0.29, 0.717) is 17.9 Å². The smallest absolute Gasteiger partial charge is 0.298 e. The Kier molecular flexibility index (Phi) is 4.84. The van der Waals surface area contributed by atoms with Crippen LogP contribution >= 0.6 is 0 Å². The first-order valence-electron chi connectivity index (χ1n) is 10.4. The Morgan fingerprint density at radius 2 is 1.70 bits per heavy atom. The number of piperazine rings is 1. The van der Waals surface area contributed by atoms with Crippen LogP contribution in [0.25, 0.3) is 21.7 Å². The molecule has 30 heavy (non-hydrogen) atoms. The second-order valence-electron chi connectivity index (χ2n) is 8.03. The normalized spacial score (nSPS) is 15.9. The summed E-state index contributed by atoms with van der Waals surface area (Å²) in [5.41, 5.74) is 2.32. The van der Waals surface area contributed by atoms with Crippen LogP contribution in [0.5, 0.6) is 0 Å². The van der Waals surface area contributed by atoms with Crippen LogP contribution in [0, 0.1) is 13.8 Å². The summed E-state index contributed by atoms with van der Waals surface area (Å²) < 4.78 is 6.71. The maximum Gasteiger partial charge on any atom is 0.298 e. The molecule has 0 radical (unpaired) electrons. The van der Waals surface area contributed by atoms with Crippen LogP contribution in [-0.2, 0) is 13.2 Å². The highest BCUT2D eigenvalue weighted by Gasteiger charge is 2.20. The lowest BCUT2D eigenvalue weighted by molar-refractivity contribution is 0.0973. The van der Waals surface area contributed by atoms with E-state index >= 15 is 0 Å². The summed E-state index contributed by atoms with van der Waals surface area (Å²) >= 11 is 0. The van der Waals surface area contributed by atoms with Crippen LogP contribution in [0.3, 0.4) is 0 Å². The van der Waals surface area contributed by atoms with Crippen LogP contribution < -0.4 is 5.56 Å². The van der Waals surface area contributed by atoms with E-state index in [4.69, 9.17) is 4.52 Å². The van der Waals surface area contributed by atoms with Crippen LogP contribution in [0.1, 0.15) is 17.0 Å². The molecule has 0 unspecified atom stereocenters. The van der Waals surface area contributed by atoms with E-state index in [1.54, 1.807) is 0 Å². The fourth-order valence-corrected chi connectivity index (χ4v) is 4.39. The minimum absolute atomic E-state index is 0.189. The number of nitrogens with zero attached hydrogens (tertiary/aromatic N) is 5. The van der Waals surface area contributed by atoms with Gasteiger partial charge < -0.3 is 4.52 Å². The standard InChI is InChI=1S/C23H25N5O2/c1-16-21-17(2)30-25-22(21)23(29)28(24-16)15-27-12-10-26(11-13-27)14-19-8-5-7-18-6-3-4-9-20(18)19/h3-9H,10-15H2,1-2H3.